The Kier molecular flexibility index (Phi) is 5.57. The molecule has 2 saturated heterocycles. The zero-order valence-corrected chi connectivity index (χ0v) is 16.1. The van der Waals surface area contributed by atoms with Crippen LogP contribution in [0.25, 0.3) is 0 Å². The third-order valence-corrected chi connectivity index (χ3v) is 5.10. The number of carbonyl (C=O) groups is 2. The molecule has 2 aliphatic heterocycles. The summed E-state index contributed by atoms with van der Waals surface area (Å²) >= 11 is 0. The van der Waals surface area contributed by atoms with E-state index in [1.807, 2.05) is 24.3 Å². The topological polar surface area (TPSA) is 85.3 Å². The highest BCUT2D eigenvalue weighted by Gasteiger charge is 2.44. The van der Waals surface area contributed by atoms with Crippen LogP contribution in [0.4, 0.5) is 10.5 Å². The predicted octanol–water partition coefficient (Wildman–Crippen LogP) is 0.508. The molecule has 0 spiro atoms. The summed E-state index contributed by atoms with van der Waals surface area (Å²) in [5.74, 6) is 0.555. The number of ether oxygens (including phenoxy) is 1. The Morgan fingerprint density at radius 3 is 2.41 bits per heavy atom. The number of methoxy groups -OCH3 is 1. The van der Waals surface area contributed by atoms with Crippen LogP contribution < -0.4 is 15.0 Å². The number of nitrogens with one attached hydrogen (secondary N) is 1. The van der Waals surface area contributed by atoms with E-state index in [2.05, 4.69) is 15.1 Å². The van der Waals surface area contributed by atoms with Gasteiger partial charge in [0, 0.05) is 32.7 Å². The Bertz CT molecular complexity index is 701. The maximum atomic E-state index is 12.2. The maximum absolute atomic E-state index is 12.2. The lowest BCUT2D eigenvalue weighted by Gasteiger charge is -2.37. The third-order valence-electron chi connectivity index (χ3n) is 5.10. The minimum atomic E-state index is -0.906. The first-order chi connectivity index (χ1) is 12.8. The molecule has 1 aromatic carbocycles. The summed E-state index contributed by atoms with van der Waals surface area (Å²) in [7, 11) is 1.67. The van der Waals surface area contributed by atoms with E-state index < -0.39 is 17.7 Å². The van der Waals surface area contributed by atoms with Crippen molar-refractivity contribution in [2.45, 2.75) is 25.5 Å². The molecule has 2 N–H and O–H groups in total. The Morgan fingerprint density at radius 2 is 1.81 bits per heavy atom. The fourth-order valence-corrected chi connectivity index (χ4v) is 3.61. The van der Waals surface area contributed by atoms with Crippen molar-refractivity contribution in [3.05, 3.63) is 24.3 Å². The van der Waals surface area contributed by atoms with Crippen molar-refractivity contribution < 1.29 is 19.4 Å². The van der Waals surface area contributed by atoms with Gasteiger partial charge in [0.25, 0.3) is 5.91 Å². The van der Waals surface area contributed by atoms with E-state index >= 15 is 0 Å². The summed E-state index contributed by atoms with van der Waals surface area (Å²) in [4.78, 5) is 29.7. The summed E-state index contributed by atoms with van der Waals surface area (Å²) in [6.07, 6.45) is -0.772. The van der Waals surface area contributed by atoms with Gasteiger partial charge in [-0.25, -0.2) is 4.79 Å². The Labute approximate surface area is 159 Å². The molecule has 8 heteroatoms. The molecular formula is C19H28N4O4. The van der Waals surface area contributed by atoms with E-state index in [1.165, 1.54) is 0 Å². The van der Waals surface area contributed by atoms with Crippen molar-refractivity contribution in [1.82, 2.24) is 15.1 Å². The number of amides is 3. The van der Waals surface area contributed by atoms with Gasteiger partial charge in [-0.2, -0.15) is 0 Å². The average molecular weight is 376 g/mol. The van der Waals surface area contributed by atoms with Gasteiger partial charge in [0.1, 0.15) is 11.3 Å². The molecule has 2 heterocycles. The Balaban J connectivity index is 1.51. The Hall–Kier alpha value is -2.32. The number of rotatable bonds is 6. The second-order valence-electron chi connectivity index (χ2n) is 7.58. The lowest BCUT2D eigenvalue weighted by molar-refractivity contribution is -0.131. The number of hydrogen-bond acceptors (Lipinski definition) is 6. The van der Waals surface area contributed by atoms with E-state index in [0.717, 1.165) is 42.5 Å². The van der Waals surface area contributed by atoms with Gasteiger partial charge in [-0.3, -0.25) is 14.6 Å². The van der Waals surface area contributed by atoms with Crippen molar-refractivity contribution in [3.63, 3.8) is 0 Å². The molecule has 3 amide bonds. The van der Waals surface area contributed by atoms with Crippen molar-refractivity contribution in [3.8, 4) is 5.75 Å². The molecule has 0 aromatic heterocycles. The van der Waals surface area contributed by atoms with Gasteiger partial charge in [-0.15, -0.1) is 0 Å². The fraction of sp³-hybridized carbons (Fsp3) is 0.579. The highest BCUT2D eigenvalue weighted by atomic mass is 16.5. The van der Waals surface area contributed by atoms with Gasteiger partial charge in [0.15, 0.2) is 0 Å². The first-order valence-electron chi connectivity index (χ1n) is 9.24. The first kappa shape index (κ1) is 19.4. The number of para-hydroxylation sites is 2. The van der Waals surface area contributed by atoms with Crippen LogP contribution in [0.3, 0.4) is 0 Å². The van der Waals surface area contributed by atoms with Crippen LogP contribution in [0, 0.1) is 0 Å². The van der Waals surface area contributed by atoms with Crippen LogP contribution >= 0.6 is 0 Å². The maximum Gasteiger partial charge on any atom is 0.325 e. The second kappa shape index (κ2) is 7.74. The Morgan fingerprint density at radius 1 is 1.15 bits per heavy atom. The predicted molar refractivity (Wildman–Crippen MR) is 102 cm³/mol. The average Bonchev–Trinajstić information content (AvgIpc) is 2.84. The number of anilines is 1. The van der Waals surface area contributed by atoms with Gasteiger partial charge >= 0.3 is 6.03 Å². The number of nitrogens with zero attached hydrogens (tertiary/aromatic N) is 3. The molecule has 0 radical (unpaired) electrons. The molecule has 148 valence electrons. The number of aliphatic hydroxyl groups excluding tert-OH is 1. The number of benzene rings is 1. The number of piperazine rings is 1. The quantitative estimate of drug-likeness (QED) is 0.704. The first-order valence-corrected chi connectivity index (χ1v) is 9.24. The minimum absolute atomic E-state index is 0.0147. The van der Waals surface area contributed by atoms with Gasteiger partial charge in [0.2, 0.25) is 0 Å². The summed E-state index contributed by atoms with van der Waals surface area (Å²) in [5, 5.41) is 13.0. The summed E-state index contributed by atoms with van der Waals surface area (Å²) in [6.45, 7) is 7.00. The number of carbonyl (C=O) groups excluding carboxylic acids is 2. The zero-order valence-electron chi connectivity index (χ0n) is 16.1. The molecule has 2 aliphatic rings. The normalized spacial score (nSPS) is 21.3. The molecule has 0 saturated carbocycles. The van der Waals surface area contributed by atoms with Crippen LogP contribution in [0.15, 0.2) is 24.3 Å². The van der Waals surface area contributed by atoms with Crippen LogP contribution in [0.1, 0.15) is 13.8 Å². The molecular weight excluding hydrogens is 348 g/mol. The SMILES string of the molecule is COc1ccccc1N1CCN(C[C@@H](O)CN2C(=O)NC(C)(C)C2=O)CC1. The lowest BCUT2D eigenvalue weighted by Crippen LogP contribution is -2.50. The molecule has 1 atom stereocenters. The summed E-state index contributed by atoms with van der Waals surface area (Å²) in [6, 6.07) is 7.50. The monoisotopic (exact) mass is 376 g/mol. The summed E-state index contributed by atoms with van der Waals surface area (Å²) in [5.41, 5.74) is 0.165. The van der Waals surface area contributed by atoms with Crippen LogP contribution in [-0.4, -0.2) is 84.9 Å². The zero-order chi connectivity index (χ0) is 19.6. The van der Waals surface area contributed by atoms with Gasteiger partial charge in [0.05, 0.1) is 25.4 Å². The minimum Gasteiger partial charge on any atom is -0.495 e. The number of β-amino-alcohol motifs (C(OH)–C–C–N with tert-alkyl or cyclic N) is 1. The number of urea groups is 1. The van der Waals surface area contributed by atoms with Crippen molar-refractivity contribution in [2.75, 3.05) is 51.3 Å². The van der Waals surface area contributed by atoms with Crippen molar-refractivity contribution >= 4 is 17.6 Å². The number of hydrogen-bond donors (Lipinski definition) is 2. The van der Waals surface area contributed by atoms with E-state index in [-0.39, 0.29) is 12.5 Å². The smallest absolute Gasteiger partial charge is 0.325 e. The summed E-state index contributed by atoms with van der Waals surface area (Å²) < 4.78 is 5.43. The van der Waals surface area contributed by atoms with E-state index in [0.29, 0.717) is 6.54 Å². The highest BCUT2D eigenvalue weighted by molar-refractivity contribution is 6.06. The molecule has 8 nitrogen and oxygen atoms in total. The second-order valence-corrected chi connectivity index (χ2v) is 7.58. The molecule has 1 aromatic rings. The number of aliphatic hydroxyl groups is 1. The molecule has 2 fully saturated rings. The molecule has 0 unspecified atom stereocenters. The van der Waals surface area contributed by atoms with E-state index in [9.17, 15) is 14.7 Å². The van der Waals surface area contributed by atoms with Gasteiger partial charge in [-0.1, -0.05) is 12.1 Å². The lowest BCUT2D eigenvalue weighted by atomic mass is 10.1. The standard InChI is InChI=1S/C19H28N4O4/c1-19(2)17(25)23(18(26)20-19)13-14(24)12-21-8-10-22(11-9-21)15-6-4-5-7-16(15)27-3/h4-7,14,24H,8-13H2,1-3H3,(H,20,26)/t14-/m1/s1. The van der Waals surface area contributed by atoms with Crippen LogP contribution in [0.5, 0.6) is 5.75 Å². The van der Waals surface area contributed by atoms with Gasteiger partial charge in [-0.05, 0) is 26.0 Å². The number of imide groups is 1. The molecule has 0 bridgehead atoms. The largest absolute Gasteiger partial charge is 0.495 e. The molecule has 3 rings (SSSR count). The fourth-order valence-electron chi connectivity index (χ4n) is 3.61. The van der Waals surface area contributed by atoms with Crippen molar-refractivity contribution in [2.24, 2.45) is 0 Å². The molecule has 27 heavy (non-hydrogen) atoms. The third kappa shape index (κ3) is 4.17. The van der Waals surface area contributed by atoms with Crippen LogP contribution in [-0.2, 0) is 4.79 Å². The highest BCUT2D eigenvalue weighted by Crippen LogP contribution is 2.28. The van der Waals surface area contributed by atoms with Gasteiger partial charge < -0.3 is 20.1 Å². The van der Waals surface area contributed by atoms with E-state index in [1.54, 1.807) is 21.0 Å². The van der Waals surface area contributed by atoms with Crippen LogP contribution in [0.2, 0.25) is 0 Å². The van der Waals surface area contributed by atoms with E-state index in [4.69, 9.17) is 4.74 Å². The van der Waals surface area contributed by atoms with Crippen molar-refractivity contribution in [1.29, 1.82) is 0 Å². The molecule has 0 aliphatic carbocycles.